The summed E-state index contributed by atoms with van der Waals surface area (Å²) in [4.78, 5) is 0. The Morgan fingerprint density at radius 3 is 1.96 bits per heavy atom. The second-order valence-electron chi connectivity index (χ2n) is 16.3. The van der Waals surface area contributed by atoms with Gasteiger partial charge in [0.1, 0.15) is 0 Å². The Morgan fingerprint density at radius 1 is 0.755 bits per heavy atom. The number of rotatable bonds is 1. The molecule has 0 heterocycles. The molecule has 0 spiro atoms. The zero-order valence-electron chi connectivity index (χ0n) is 33.4. The SMILES string of the molecule is CC1=[C-]C(C)(C)c2cc3c(cc21)-c1cc2c(cc1C3)C(C)(C)C=C2C.CC1[C-]=CC(C2(C)CCCCC2)=C1.Cl.Cl.[CH2]=[Zr].[CH3-].[c-]1ccc2ccccc2c1. The first-order valence-corrected chi connectivity index (χ1v) is 20.3. The number of fused-ring (bicyclic) bond motifs is 6. The topological polar surface area (TPSA) is 0 Å². The van der Waals surface area contributed by atoms with Crippen LogP contribution >= 0.6 is 24.8 Å². The first-order chi connectivity index (χ1) is 23.8. The molecule has 0 nitrogen and oxygen atoms in total. The second kappa shape index (κ2) is 17.9. The van der Waals surface area contributed by atoms with Crippen molar-refractivity contribution in [3.05, 3.63) is 150 Å². The maximum absolute atomic E-state index is 3.65. The van der Waals surface area contributed by atoms with Crippen molar-refractivity contribution in [3.63, 3.8) is 0 Å². The molecule has 5 aliphatic rings. The largest absolute Gasteiger partial charge is 0.358 e. The van der Waals surface area contributed by atoms with Crippen LogP contribution in [0.5, 0.6) is 0 Å². The average molecular weight is 821 g/mol. The van der Waals surface area contributed by atoms with Crippen LogP contribution in [0, 0.1) is 37.0 Å². The molecule has 1 unspecified atom stereocenters. The van der Waals surface area contributed by atoms with E-state index in [1.54, 1.807) is 5.57 Å². The van der Waals surface area contributed by atoms with Gasteiger partial charge in [-0.3, -0.25) is 12.2 Å². The second-order valence-corrected chi connectivity index (χ2v) is 16.3. The summed E-state index contributed by atoms with van der Waals surface area (Å²) in [6, 6.07) is 27.1. The number of benzene rings is 4. The number of hydrogen-bond acceptors (Lipinski definition) is 0. The van der Waals surface area contributed by atoms with Crippen molar-refractivity contribution in [2.24, 2.45) is 11.3 Å². The predicted molar refractivity (Wildman–Crippen MR) is 234 cm³/mol. The zero-order valence-corrected chi connectivity index (χ0v) is 37.5. The van der Waals surface area contributed by atoms with E-state index < -0.39 is 0 Å². The van der Waals surface area contributed by atoms with Crippen LogP contribution in [0.2, 0.25) is 0 Å². The van der Waals surface area contributed by atoms with Crippen LogP contribution < -0.4 is 0 Å². The number of halogens is 2. The Hall–Kier alpha value is -2.57. The Bertz CT molecular complexity index is 1900. The standard InChI is InChI=1S/C25H25.C13H19.C10H7.CH3.CH2.2ClH.Zr/c1-14-12-24(3,4)22-8-16-7-17-9-23-19(15(2)13-25(23,5)6)11-21(17)20(16)10-18(14)22;1-11-6-7-12(10-11)13(2)8-4-3-5-9-13;1-2-6-10-8-4-3-7-9(10)5-1;;;;;/h8-12H,7H2,1-6H3;7,10-11H,3-5,8-9H2,1-2H3;1-3,5-8H;1H3;1H2;2*1H;/q4*-1;;;;. The zero-order chi connectivity index (χ0) is 35.8. The molecule has 0 amide bonds. The minimum atomic E-state index is 0. The molecule has 1 fully saturated rings. The summed E-state index contributed by atoms with van der Waals surface area (Å²) in [7, 11) is 0. The van der Waals surface area contributed by atoms with Crippen molar-refractivity contribution in [1.82, 2.24) is 0 Å². The third kappa shape index (κ3) is 9.12. The fraction of sp³-hybridized carbons (Fsp3) is 0.360. The van der Waals surface area contributed by atoms with Crippen LogP contribution in [0.4, 0.5) is 0 Å². The van der Waals surface area contributed by atoms with E-state index in [1.807, 2.05) is 24.3 Å². The normalized spacial score (nSPS) is 19.5. The van der Waals surface area contributed by atoms with Gasteiger partial charge in [0.05, 0.1) is 0 Å². The summed E-state index contributed by atoms with van der Waals surface area (Å²) in [6.07, 6.45) is 22.2. The molecule has 280 valence electrons. The van der Waals surface area contributed by atoms with Crippen molar-refractivity contribution in [2.75, 3.05) is 0 Å². The van der Waals surface area contributed by atoms with Gasteiger partial charge in [-0.1, -0.05) is 134 Å². The maximum Gasteiger partial charge on any atom is -0.0648 e. The molecule has 5 aliphatic carbocycles. The first-order valence-electron chi connectivity index (χ1n) is 18.5. The summed E-state index contributed by atoms with van der Waals surface area (Å²) in [5, 5.41) is 2.53. The van der Waals surface area contributed by atoms with Crippen LogP contribution in [-0.4, -0.2) is 4.21 Å². The van der Waals surface area contributed by atoms with Crippen LogP contribution in [0.3, 0.4) is 0 Å². The summed E-state index contributed by atoms with van der Waals surface area (Å²) >= 11 is 1.30. The van der Waals surface area contributed by atoms with Gasteiger partial charge in [0.25, 0.3) is 0 Å². The molecule has 0 N–H and O–H groups in total. The van der Waals surface area contributed by atoms with E-state index in [4.69, 9.17) is 0 Å². The molecule has 9 rings (SSSR count). The minimum Gasteiger partial charge on any atom is -0.358 e. The van der Waals surface area contributed by atoms with Crippen molar-refractivity contribution >= 4 is 50.9 Å². The molecular weight excluding hydrogens is 763 g/mol. The fourth-order valence-electron chi connectivity index (χ4n) is 8.93. The van der Waals surface area contributed by atoms with E-state index in [1.165, 1.54) is 123 Å². The van der Waals surface area contributed by atoms with Gasteiger partial charge in [0.2, 0.25) is 0 Å². The van der Waals surface area contributed by atoms with Gasteiger partial charge < -0.3 is 7.43 Å². The molecule has 4 aromatic rings. The monoisotopic (exact) mass is 818 g/mol. The van der Waals surface area contributed by atoms with Crippen molar-refractivity contribution in [1.29, 1.82) is 0 Å². The van der Waals surface area contributed by atoms with Gasteiger partial charge in [0.15, 0.2) is 0 Å². The van der Waals surface area contributed by atoms with Crippen LogP contribution in [0.15, 0.2) is 90.5 Å². The third-order valence-electron chi connectivity index (χ3n) is 11.6. The van der Waals surface area contributed by atoms with E-state index in [0.717, 1.165) is 6.42 Å². The first kappa shape index (κ1) is 44.8. The molecule has 1 saturated carbocycles. The Labute approximate surface area is 349 Å². The van der Waals surface area contributed by atoms with Gasteiger partial charge in [-0.15, -0.1) is 53.3 Å². The molecule has 1 atom stereocenters. The molecule has 0 saturated heterocycles. The Balaban J connectivity index is 0.000000228. The van der Waals surface area contributed by atoms with E-state index >= 15 is 0 Å². The third-order valence-corrected chi connectivity index (χ3v) is 11.6. The molecular formula is C50H58Cl2Zr-4. The van der Waals surface area contributed by atoms with Gasteiger partial charge in [0, 0.05) is 5.41 Å². The van der Waals surface area contributed by atoms with Crippen molar-refractivity contribution in [3.8, 4) is 11.1 Å². The van der Waals surface area contributed by atoms with Crippen LogP contribution in [-0.2, 0) is 41.5 Å². The smallest absolute Gasteiger partial charge is 0.0648 e. The molecule has 0 bridgehead atoms. The summed E-state index contributed by atoms with van der Waals surface area (Å²) in [6.45, 7) is 18.3. The average Bonchev–Trinajstić information content (AvgIpc) is 3.82. The fourth-order valence-corrected chi connectivity index (χ4v) is 8.93. The van der Waals surface area contributed by atoms with Gasteiger partial charge >= 0.3 is 28.4 Å². The van der Waals surface area contributed by atoms with Crippen LogP contribution in [0.25, 0.3) is 33.0 Å². The van der Waals surface area contributed by atoms with Crippen molar-refractivity contribution in [2.45, 2.75) is 105 Å². The van der Waals surface area contributed by atoms with E-state index in [-0.39, 0.29) is 43.1 Å². The Morgan fingerprint density at radius 2 is 1.36 bits per heavy atom. The van der Waals surface area contributed by atoms with Gasteiger partial charge in [-0.25, -0.2) is 11.6 Å². The summed E-state index contributed by atoms with van der Waals surface area (Å²) in [5.41, 5.74) is 16.6. The predicted octanol–water partition coefficient (Wildman–Crippen LogP) is 14.2. The van der Waals surface area contributed by atoms with E-state index in [9.17, 15) is 0 Å². The maximum atomic E-state index is 3.65. The quantitative estimate of drug-likeness (QED) is 0.148. The molecule has 0 aromatic heterocycles. The minimum absolute atomic E-state index is 0. The van der Waals surface area contributed by atoms with E-state index in [0.29, 0.717) is 11.3 Å². The summed E-state index contributed by atoms with van der Waals surface area (Å²) < 4.78 is 3.34. The Kier molecular flexibility index (Phi) is 15.2. The van der Waals surface area contributed by atoms with Gasteiger partial charge in [-0.05, 0) is 58.4 Å². The molecule has 0 aliphatic heterocycles. The molecule has 4 aromatic carbocycles. The molecule has 3 heteroatoms. The summed E-state index contributed by atoms with van der Waals surface area (Å²) in [5.74, 6) is 0.550. The van der Waals surface area contributed by atoms with Gasteiger partial charge in [-0.2, -0.15) is 41.5 Å². The molecule has 0 radical (unpaired) electrons. The van der Waals surface area contributed by atoms with Crippen LogP contribution in [0.1, 0.15) is 121 Å². The van der Waals surface area contributed by atoms with E-state index in [2.05, 4.69) is 139 Å². The van der Waals surface area contributed by atoms with Crippen molar-refractivity contribution < 1.29 is 24.2 Å². The number of allylic oxidation sites excluding steroid dienone is 8. The molecule has 53 heavy (non-hydrogen) atoms. The number of hydrogen-bond donors (Lipinski definition) is 0.